The Labute approximate surface area is 115 Å². The van der Waals surface area contributed by atoms with Crippen LogP contribution < -0.4 is 14.2 Å². The average molecular weight is 278 g/mol. The van der Waals surface area contributed by atoms with Gasteiger partial charge in [-0.2, -0.15) is 0 Å². The summed E-state index contributed by atoms with van der Waals surface area (Å²) in [6.07, 6.45) is 1.33. The molecule has 0 unspecified atom stereocenters. The molecule has 0 aliphatic carbocycles. The van der Waals surface area contributed by atoms with Gasteiger partial charge >= 0.3 is 11.9 Å². The summed E-state index contributed by atoms with van der Waals surface area (Å²) in [5, 5.41) is 0. The van der Waals surface area contributed by atoms with Gasteiger partial charge in [0.05, 0.1) is 6.61 Å². The summed E-state index contributed by atoms with van der Waals surface area (Å²) in [7, 11) is 0. The standard InChI is InChI=1S/C14H14O6/c1-3-17-14(16)7-11-8-18-12-5-4-10(19-9(2)15)6-13(12)20-11/h4-6,8H,3,7H2,1-2H3. The molecule has 0 radical (unpaired) electrons. The Bertz CT molecular complexity index is 561. The summed E-state index contributed by atoms with van der Waals surface area (Å²) in [5.41, 5.74) is 0. The maximum atomic E-state index is 11.4. The van der Waals surface area contributed by atoms with E-state index in [1.807, 2.05) is 0 Å². The molecule has 6 nitrogen and oxygen atoms in total. The van der Waals surface area contributed by atoms with Crippen molar-refractivity contribution in [3.05, 3.63) is 30.2 Å². The van der Waals surface area contributed by atoms with Crippen LogP contribution in [0.3, 0.4) is 0 Å². The molecule has 20 heavy (non-hydrogen) atoms. The molecule has 1 aromatic rings. The van der Waals surface area contributed by atoms with Gasteiger partial charge in [-0.1, -0.05) is 0 Å². The van der Waals surface area contributed by atoms with Crippen LogP contribution in [0.25, 0.3) is 0 Å². The molecule has 0 atom stereocenters. The van der Waals surface area contributed by atoms with E-state index in [1.165, 1.54) is 19.3 Å². The summed E-state index contributed by atoms with van der Waals surface area (Å²) in [5.74, 6) is 0.707. The van der Waals surface area contributed by atoms with E-state index in [0.29, 0.717) is 29.6 Å². The number of fused-ring (bicyclic) bond motifs is 1. The minimum atomic E-state index is -0.427. The number of benzene rings is 1. The van der Waals surface area contributed by atoms with Gasteiger partial charge in [-0.15, -0.1) is 0 Å². The van der Waals surface area contributed by atoms with Crippen molar-refractivity contribution in [2.75, 3.05) is 6.61 Å². The summed E-state index contributed by atoms with van der Waals surface area (Å²) >= 11 is 0. The molecule has 2 rings (SSSR count). The number of hydrogen-bond donors (Lipinski definition) is 0. The van der Waals surface area contributed by atoms with Gasteiger partial charge in [-0.3, -0.25) is 9.59 Å². The van der Waals surface area contributed by atoms with Crippen LogP contribution in [0.15, 0.2) is 30.2 Å². The van der Waals surface area contributed by atoms with E-state index in [-0.39, 0.29) is 6.42 Å². The number of ether oxygens (including phenoxy) is 4. The molecule has 0 bridgehead atoms. The van der Waals surface area contributed by atoms with E-state index in [9.17, 15) is 9.59 Å². The van der Waals surface area contributed by atoms with Gasteiger partial charge in [-0.05, 0) is 19.1 Å². The predicted octanol–water partition coefficient (Wildman–Crippen LogP) is 2.18. The van der Waals surface area contributed by atoms with Gasteiger partial charge in [0.2, 0.25) is 0 Å². The molecule has 0 N–H and O–H groups in total. The van der Waals surface area contributed by atoms with E-state index >= 15 is 0 Å². The van der Waals surface area contributed by atoms with Crippen molar-refractivity contribution < 1.29 is 28.5 Å². The normalized spacial score (nSPS) is 12.4. The van der Waals surface area contributed by atoms with Crippen LogP contribution in [0.4, 0.5) is 0 Å². The van der Waals surface area contributed by atoms with Gasteiger partial charge in [-0.25, -0.2) is 0 Å². The van der Waals surface area contributed by atoms with Gasteiger partial charge in [0.15, 0.2) is 17.3 Å². The lowest BCUT2D eigenvalue weighted by Gasteiger charge is -2.18. The smallest absolute Gasteiger partial charge is 0.313 e. The van der Waals surface area contributed by atoms with Crippen molar-refractivity contribution in [3.63, 3.8) is 0 Å². The molecular formula is C14H14O6. The second-order valence-electron chi connectivity index (χ2n) is 3.99. The Balaban J connectivity index is 2.07. The lowest BCUT2D eigenvalue weighted by molar-refractivity contribution is -0.142. The van der Waals surface area contributed by atoms with E-state index < -0.39 is 11.9 Å². The summed E-state index contributed by atoms with van der Waals surface area (Å²) < 4.78 is 20.6. The Hall–Kier alpha value is -2.50. The Morgan fingerprint density at radius 1 is 1.25 bits per heavy atom. The van der Waals surface area contributed by atoms with E-state index in [4.69, 9.17) is 18.9 Å². The van der Waals surface area contributed by atoms with Crippen molar-refractivity contribution in [3.8, 4) is 17.2 Å². The van der Waals surface area contributed by atoms with Crippen LogP contribution in [-0.4, -0.2) is 18.5 Å². The van der Waals surface area contributed by atoms with Crippen molar-refractivity contribution in [2.24, 2.45) is 0 Å². The molecule has 1 heterocycles. The van der Waals surface area contributed by atoms with Gasteiger partial charge < -0.3 is 18.9 Å². The molecule has 0 saturated heterocycles. The number of rotatable bonds is 4. The zero-order valence-corrected chi connectivity index (χ0v) is 11.2. The van der Waals surface area contributed by atoms with Crippen LogP contribution in [0, 0.1) is 0 Å². The Kier molecular flexibility index (Phi) is 4.24. The SMILES string of the molecule is CCOC(=O)CC1=COc2ccc(OC(C)=O)cc2O1. The lowest BCUT2D eigenvalue weighted by atomic mass is 10.2. The molecule has 0 fully saturated rings. The largest absolute Gasteiger partial charge is 0.466 e. The molecule has 6 heteroatoms. The Morgan fingerprint density at radius 2 is 2.05 bits per heavy atom. The number of carbonyl (C=O) groups excluding carboxylic acids is 2. The van der Waals surface area contributed by atoms with Crippen LogP contribution in [0.2, 0.25) is 0 Å². The first kappa shape index (κ1) is 13.9. The van der Waals surface area contributed by atoms with Gasteiger partial charge in [0.1, 0.15) is 18.4 Å². The maximum absolute atomic E-state index is 11.4. The molecule has 0 aromatic heterocycles. The first-order valence-corrected chi connectivity index (χ1v) is 6.10. The molecular weight excluding hydrogens is 264 g/mol. The third-order valence-corrected chi connectivity index (χ3v) is 2.36. The van der Waals surface area contributed by atoms with E-state index in [0.717, 1.165) is 0 Å². The highest BCUT2D eigenvalue weighted by Gasteiger charge is 2.18. The zero-order valence-electron chi connectivity index (χ0n) is 11.2. The topological polar surface area (TPSA) is 71.1 Å². The highest BCUT2D eigenvalue weighted by Crippen LogP contribution is 2.36. The third kappa shape index (κ3) is 3.50. The van der Waals surface area contributed by atoms with Crippen LogP contribution in [0.5, 0.6) is 17.2 Å². The van der Waals surface area contributed by atoms with Crippen LogP contribution in [-0.2, 0) is 14.3 Å². The average Bonchev–Trinajstić information content (AvgIpc) is 2.37. The first-order valence-electron chi connectivity index (χ1n) is 6.10. The summed E-state index contributed by atoms with van der Waals surface area (Å²) in [4.78, 5) is 22.3. The minimum Gasteiger partial charge on any atom is -0.466 e. The van der Waals surface area contributed by atoms with Crippen molar-refractivity contribution in [2.45, 2.75) is 20.3 Å². The van der Waals surface area contributed by atoms with Crippen molar-refractivity contribution >= 4 is 11.9 Å². The van der Waals surface area contributed by atoms with Crippen LogP contribution in [0.1, 0.15) is 20.3 Å². The van der Waals surface area contributed by atoms with Gasteiger partial charge in [0.25, 0.3) is 0 Å². The fourth-order valence-corrected chi connectivity index (χ4v) is 1.62. The van der Waals surface area contributed by atoms with Crippen molar-refractivity contribution in [1.29, 1.82) is 0 Å². The fourth-order valence-electron chi connectivity index (χ4n) is 1.62. The molecule has 1 aromatic carbocycles. The highest BCUT2D eigenvalue weighted by molar-refractivity contribution is 5.72. The second kappa shape index (κ2) is 6.10. The lowest BCUT2D eigenvalue weighted by Crippen LogP contribution is -2.12. The van der Waals surface area contributed by atoms with Crippen LogP contribution >= 0.6 is 0 Å². The fraction of sp³-hybridized carbons (Fsp3) is 0.286. The second-order valence-corrected chi connectivity index (χ2v) is 3.99. The third-order valence-electron chi connectivity index (χ3n) is 2.36. The number of hydrogen-bond acceptors (Lipinski definition) is 6. The maximum Gasteiger partial charge on any atom is 0.313 e. The first-order chi connectivity index (χ1) is 9.58. The van der Waals surface area contributed by atoms with Crippen molar-refractivity contribution in [1.82, 2.24) is 0 Å². The monoisotopic (exact) mass is 278 g/mol. The minimum absolute atomic E-state index is 0.0227. The quantitative estimate of drug-likeness (QED) is 0.621. The molecule has 0 amide bonds. The zero-order chi connectivity index (χ0) is 14.5. The molecule has 1 aliphatic heterocycles. The molecule has 0 spiro atoms. The predicted molar refractivity (Wildman–Crippen MR) is 68.3 cm³/mol. The molecule has 106 valence electrons. The van der Waals surface area contributed by atoms with E-state index in [1.54, 1.807) is 19.1 Å². The summed E-state index contributed by atoms with van der Waals surface area (Å²) in [6.45, 7) is 3.34. The van der Waals surface area contributed by atoms with E-state index in [2.05, 4.69) is 0 Å². The highest BCUT2D eigenvalue weighted by atomic mass is 16.6. The molecule has 1 aliphatic rings. The molecule has 0 saturated carbocycles. The number of carbonyl (C=O) groups is 2. The van der Waals surface area contributed by atoms with Gasteiger partial charge in [0, 0.05) is 13.0 Å². The summed E-state index contributed by atoms with van der Waals surface area (Å²) in [6, 6.07) is 4.73. The Morgan fingerprint density at radius 3 is 2.75 bits per heavy atom. The number of esters is 2.